The molecule has 0 spiro atoms. The number of nitrogens with zero attached hydrogens (tertiary/aromatic N) is 12. The maximum Gasteiger partial charge on any atom is 0.322 e. The minimum Gasteiger partial charge on any atom is -0.480 e. The van der Waals surface area contributed by atoms with E-state index in [0.29, 0.717) is 142 Å². The lowest BCUT2D eigenvalue weighted by molar-refractivity contribution is -0.148. The molecule has 44 heteroatoms. The fraction of sp³-hybridized carbons (Fsp3) is 0.753. The Morgan fingerprint density at radius 2 is 0.481 bits per heavy atom. The number of carbonyl (C=O) groups excluding carboxylic acids is 20. The van der Waals surface area contributed by atoms with Gasteiger partial charge in [0.15, 0.2) is 0 Å². The molecule has 13 aliphatic rings. The van der Waals surface area contributed by atoms with Crippen molar-refractivity contribution in [1.82, 2.24) is 107 Å². The van der Waals surface area contributed by atoms with Gasteiger partial charge in [0.2, 0.25) is 118 Å². The molecule has 13 fully saturated rings. The highest BCUT2D eigenvalue weighted by Gasteiger charge is 2.51. The largest absolute Gasteiger partial charge is 0.480 e. The minimum atomic E-state index is -1.23. The van der Waals surface area contributed by atoms with Crippen molar-refractivity contribution in [3.8, 4) is 0 Å². The van der Waals surface area contributed by atoms with Crippen LogP contribution in [-0.2, 0) is 101 Å². The van der Waals surface area contributed by atoms with Crippen LogP contribution in [0.5, 0.6) is 0 Å². The molecule has 20 amide bonds. The summed E-state index contributed by atoms with van der Waals surface area (Å²) >= 11 is 0. The molecule has 13 heterocycles. The zero-order valence-electron chi connectivity index (χ0n) is 73.4. The Kier molecular flexibility index (Phi) is 32.5. The third kappa shape index (κ3) is 22.1. The normalized spacial score (nSPS) is 26.9. The Balaban J connectivity index is 0.518. The Morgan fingerprint density at radius 1 is 0.264 bits per heavy atom. The zero-order chi connectivity index (χ0) is 91.9. The number of hydrogen-bond acceptors (Lipinski definition) is 23. The first-order valence-electron chi connectivity index (χ1n) is 46.6. The van der Waals surface area contributed by atoms with Crippen molar-refractivity contribution in [1.29, 1.82) is 0 Å². The van der Waals surface area contributed by atoms with Crippen LogP contribution in [0.25, 0.3) is 0 Å². The van der Waals surface area contributed by atoms with Gasteiger partial charge in [0.1, 0.15) is 85.1 Å². The van der Waals surface area contributed by atoms with E-state index in [4.69, 9.17) is 10.8 Å². The number of hydrogen-bond donors (Lipinski definition) is 11. The summed E-state index contributed by atoms with van der Waals surface area (Å²) in [5.74, 6) is -11.7. The average Bonchev–Trinajstić information content (AvgIpc) is 1.68. The summed E-state index contributed by atoms with van der Waals surface area (Å²) in [6.07, 6.45) is 12.1. The van der Waals surface area contributed by atoms with Gasteiger partial charge in [0.05, 0.1) is 45.3 Å². The molecule has 0 aliphatic carbocycles. The lowest BCUT2D eigenvalue weighted by atomic mass is 10.1. The molecule has 0 saturated carbocycles. The molecule has 13 saturated heterocycles. The number of carboxylic acids is 1. The molecule has 14 atom stereocenters. The number of amides is 20. The van der Waals surface area contributed by atoms with Gasteiger partial charge in [-0.2, -0.15) is 0 Å². The summed E-state index contributed by atoms with van der Waals surface area (Å²) in [6.45, 7) is 0.0812. The number of nitrogens with one attached hydrogen (secondary N) is 9. The molecule has 0 bridgehead atoms. The Morgan fingerprint density at radius 3 is 0.698 bits per heavy atom. The quantitative estimate of drug-likeness (QED) is 0.0272. The van der Waals surface area contributed by atoms with Gasteiger partial charge in [0.25, 0.3) is 0 Å². The third-order valence-corrected chi connectivity index (χ3v) is 28.0. The van der Waals surface area contributed by atoms with Gasteiger partial charge >= 0.3 is 5.97 Å². The lowest BCUT2D eigenvalue weighted by Gasteiger charge is -2.32. The molecule has 44 nitrogen and oxygen atoms in total. The fourth-order valence-electron chi connectivity index (χ4n) is 21.4. The highest BCUT2D eigenvalue weighted by Crippen LogP contribution is 2.33. The molecule has 12 N–H and O–H groups in total. The molecular formula is C85H126N22O22. The summed E-state index contributed by atoms with van der Waals surface area (Å²) in [4.78, 5) is 305. The molecule has 0 aromatic heterocycles. The Bertz CT molecular complexity index is 4250. The van der Waals surface area contributed by atoms with Gasteiger partial charge in [-0.1, -0.05) is 0 Å². The maximum atomic E-state index is 14.5. The van der Waals surface area contributed by atoms with Crippen LogP contribution >= 0.6 is 0 Å². The lowest BCUT2D eigenvalue weighted by Crippen LogP contribution is -2.57. The van der Waals surface area contributed by atoms with Crippen LogP contribution in [0.3, 0.4) is 0 Å². The fourth-order valence-corrected chi connectivity index (χ4v) is 21.4. The average molecular weight is 1810 g/mol. The predicted octanol–water partition coefficient (Wildman–Crippen LogP) is -6.86. The molecule has 13 aliphatic heterocycles. The summed E-state index contributed by atoms with van der Waals surface area (Å²) in [5, 5.41) is 33.3. The van der Waals surface area contributed by atoms with E-state index >= 15 is 0 Å². The van der Waals surface area contributed by atoms with E-state index in [-0.39, 0.29) is 136 Å². The number of unbranched alkanes of at least 4 members (excludes halogenated alkanes) is 1. The maximum absolute atomic E-state index is 14.5. The van der Waals surface area contributed by atoms with Crippen LogP contribution in [0.15, 0.2) is 0 Å². The van der Waals surface area contributed by atoms with Crippen LogP contribution in [0.4, 0.5) is 0 Å². The van der Waals surface area contributed by atoms with Gasteiger partial charge in [0, 0.05) is 78.5 Å². The van der Waals surface area contributed by atoms with Crippen molar-refractivity contribution in [2.24, 2.45) is 5.73 Å². The second kappa shape index (κ2) is 43.9. The zero-order valence-corrected chi connectivity index (χ0v) is 73.4. The topological polar surface area (TPSA) is 552 Å². The third-order valence-electron chi connectivity index (χ3n) is 28.0. The van der Waals surface area contributed by atoms with Gasteiger partial charge in [-0.3, -0.25) is 101 Å². The van der Waals surface area contributed by atoms with Crippen molar-refractivity contribution >= 4 is 124 Å². The number of nitrogens with two attached hydrogens (primary N) is 1. The first kappa shape index (κ1) is 95.4. The van der Waals surface area contributed by atoms with Crippen molar-refractivity contribution in [3.63, 3.8) is 0 Å². The Labute approximate surface area is 747 Å². The molecule has 0 aromatic carbocycles. The molecule has 708 valence electrons. The summed E-state index contributed by atoms with van der Waals surface area (Å²) in [7, 11) is 0. The second-order valence-electron chi connectivity index (χ2n) is 36.0. The summed E-state index contributed by atoms with van der Waals surface area (Å²) < 4.78 is 0. The summed E-state index contributed by atoms with van der Waals surface area (Å²) in [5.41, 5.74) is 5.69. The van der Waals surface area contributed by atoms with Gasteiger partial charge in [-0.05, 0) is 199 Å². The van der Waals surface area contributed by atoms with E-state index in [1.54, 1.807) is 0 Å². The first-order chi connectivity index (χ1) is 62.1. The van der Waals surface area contributed by atoms with Gasteiger partial charge in [-0.25, -0.2) is 0 Å². The number of aliphatic carboxylic acids is 1. The van der Waals surface area contributed by atoms with E-state index in [1.165, 1.54) is 58.8 Å². The number of carbonyl (C=O) groups is 21. The SMILES string of the molecule is NCCCC[C@H](NC(=O)[C@@H]1CCCN1)C(=O)NCC(=O)N1CCC[C@H]1C(=O)N1CCC[C@H]1C(=O)NCC(=O)N1CCC[C@H]1C(=O)N1CCC[C@H]1C(=O)NCC(=O)N1CCC[C@H]1C(=O)N1CCC[C@H]1C(=O)NCC(=O)N1CCC[C@H]1C(=O)N1CCC[C@H]1C(=O)NCC(=O)N1CCC[C@H]1C(=O)N1CCC[C@H]1C(=O)NCC(=O)N1CCC[C@H]1C(=O)N1CCC[C@H]1C(=O)NCC(=O)O. The number of carboxylic acid groups (broad SMARTS) is 1. The molecule has 129 heavy (non-hydrogen) atoms. The van der Waals surface area contributed by atoms with Crippen molar-refractivity contribution in [2.45, 2.75) is 271 Å². The molecular weight excluding hydrogens is 1680 g/mol. The van der Waals surface area contributed by atoms with Crippen molar-refractivity contribution in [2.75, 3.05) is 137 Å². The van der Waals surface area contributed by atoms with Crippen molar-refractivity contribution < 1.29 is 106 Å². The van der Waals surface area contributed by atoms with Gasteiger partial charge in [-0.15, -0.1) is 0 Å². The predicted molar refractivity (Wildman–Crippen MR) is 451 cm³/mol. The molecule has 0 unspecified atom stereocenters. The second-order valence-corrected chi connectivity index (χ2v) is 36.0. The highest BCUT2D eigenvalue weighted by atomic mass is 16.4. The molecule has 0 radical (unpaired) electrons. The summed E-state index contributed by atoms with van der Waals surface area (Å²) in [6, 6.07) is -12.7. The van der Waals surface area contributed by atoms with E-state index in [1.807, 2.05) is 0 Å². The monoisotopic (exact) mass is 1810 g/mol. The van der Waals surface area contributed by atoms with E-state index in [2.05, 4.69) is 47.9 Å². The van der Waals surface area contributed by atoms with E-state index < -0.39 is 249 Å². The molecule has 0 aromatic rings. The first-order valence-corrected chi connectivity index (χ1v) is 46.6. The van der Waals surface area contributed by atoms with Crippen LogP contribution in [0, 0.1) is 0 Å². The Hall–Kier alpha value is -11.2. The van der Waals surface area contributed by atoms with E-state index in [0.717, 1.165) is 6.42 Å². The van der Waals surface area contributed by atoms with E-state index in [9.17, 15) is 101 Å². The van der Waals surface area contributed by atoms with Gasteiger partial charge < -0.3 is 117 Å². The van der Waals surface area contributed by atoms with Crippen LogP contribution in [0.1, 0.15) is 186 Å². The van der Waals surface area contributed by atoms with Crippen LogP contribution in [-0.4, -0.2) is 410 Å². The van der Waals surface area contributed by atoms with Crippen molar-refractivity contribution in [3.05, 3.63) is 0 Å². The smallest absolute Gasteiger partial charge is 0.322 e. The number of likely N-dealkylation sites (tertiary alicyclic amines) is 12. The highest BCUT2D eigenvalue weighted by molar-refractivity contribution is 6.02. The molecule has 13 rings (SSSR count). The van der Waals surface area contributed by atoms with Crippen LogP contribution in [0.2, 0.25) is 0 Å². The standard InChI is InChI=1S/C85H126N22O22/c86-30-2-1-16-52(95-73(117)51-17-3-31-87-51)72(116)88-44-65(108)96-32-10-24-59(96)80(124)102-38-4-18-53(102)74(118)89-45-66(109)97-33-11-25-60(97)81(125)103-39-5-19-54(103)75(119)90-46-67(110)98-34-12-26-61(98)82(126)104-40-6-20-55(104)76(120)91-47-68(111)99-35-13-27-62(99)83(127)105-41-7-21-56(105)77(121)92-48-69(112)100-36-14-28-63(100)84(128)106-42-8-22-57(106)78(122)93-49-70(113)101-37-15-29-64(101)85(129)107-43-9-23-58(107)79(123)94-50-71(114)115/h51-64,87H,1-50,86H2,(H,88,116)(H,89,118)(H,90,119)(H,91,120)(H,92,121)(H,93,122)(H,94,123)(H,95,117)(H,114,115)/t51-,52-,53-,54-,55-,56-,57-,58-,59-,60-,61-,62-,63-,64-/m0/s1. The minimum absolute atomic E-state index is 0.179. The van der Waals surface area contributed by atoms with Crippen LogP contribution < -0.4 is 53.6 Å². The number of rotatable bonds is 33.